The second-order valence-electron chi connectivity index (χ2n) is 5.86. The number of hydrogen-bond acceptors (Lipinski definition) is 2. The average molecular weight is 226 g/mol. The molecule has 1 atom stereocenters. The van der Waals surface area contributed by atoms with E-state index in [1.807, 2.05) is 6.92 Å². The zero-order valence-corrected chi connectivity index (χ0v) is 11.1. The predicted molar refractivity (Wildman–Crippen MR) is 69.5 cm³/mol. The molecule has 0 aromatic rings. The minimum absolute atomic E-state index is 0.234. The zero-order chi connectivity index (χ0) is 12.8. The molecule has 0 radical (unpaired) electrons. The van der Waals surface area contributed by atoms with E-state index < -0.39 is 0 Å². The zero-order valence-electron chi connectivity index (χ0n) is 11.1. The summed E-state index contributed by atoms with van der Waals surface area (Å²) in [7, 11) is 0. The van der Waals surface area contributed by atoms with Crippen molar-refractivity contribution >= 4 is 0 Å². The van der Waals surface area contributed by atoms with Crippen LogP contribution in [0, 0.1) is 5.41 Å². The summed E-state index contributed by atoms with van der Waals surface area (Å²) in [6.45, 7) is 12.4. The highest BCUT2D eigenvalue weighted by Gasteiger charge is 2.14. The first-order chi connectivity index (χ1) is 7.24. The summed E-state index contributed by atoms with van der Waals surface area (Å²) in [6.07, 6.45) is 3.79. The lowest BCUT2D eigenvalue weighted by Crippen LogP contribution is -2.12. The molecule has 0 aliphatic heterocycles. The molecule has 1 unspecified atom stereocenters. The van der Waals surface area contributed by atoms with E-state index in [1.54, 1.807) is 0 Å². The molecular formula is C14H26O2. The number of aliphatic hydroxyl groups is 2. The Morgan fingerprint density at radius 3 is 2.38 bits per heavy atom. The van der Waals surface area contributed by atoms with Crippen molar-refractivity contribution in [3.63, 3.8) is 0 Å². The minimum atomic E-state index is -0.343. The maximum atomic E-state index is 9.79. The highest BCUT2D eigenvalue weighted by atomic mass is 16.3. The van der Waals surface area contributed by atoms with E-state index in [-0.39, 0.29) is 11.5 Å². The average Bonchev–Trinajstić information content (AvgIpc) is 2.10. The largest absolute Gasteiger partial charge is 0.516 e. The van der Waals surface area contributed by atoms with Crippen molar-refractivity contribution in [1.82, 2.24) is 0 Å². The third kappa shape index (κ3) is 8.54. The number of allylic oxidation sites excluding steroid dienone is 1. The molecule has 0 rings (SSSR count). The van der Waals surface area contributed by atoms with Crippen LogP contribution in [0.3, 0.4) is 0 Å². The summed E-state index contributed by atoms with van der Waals surface area (Å²) in [5.74, 6) is 0. The van der Waals surface area contributed by atoms with E-state index in [1.165, 1.54) is 0 Å². The first kappa shape index (κ1) is 15.2. The molecule has 0 aliphatic rings. The van der Waals surface area contributed by atoms with Crippen LogP contribution in [-0.4, -0.2) is 16.3 Å². The van der Waals surface area contributed by atoms with Crippen molar-refractivity contribution in [2.75, 3.05) is 0 Å². The van der Waals surface area contributed by atoms with Gasteiger partial charge >= 0.3 is 0 Å². The lowest BCUT2D eigenvalue weighted by Gasteiger charge is -2.21. The summed E-state index contributed by atoms with van der Waals surface area (Å²) in [5, 5.41) is 18.5. The van der Waals surface area contributed by atoms with Crippen LogP contribution in [0.1, 0.15) is 53.4 Å². The van der Waals surface area contributed by atoms with Gasteiger partial charge in [-0.15, -0.1) is 0 Å². The van der Waals surface area contributed by atoms with E-state index in [0.29, 0.717) is 12.8 Å². The Bertz CT molecular complexity index is 246. The van der Waals surface area contributed by atoms with Gasteiger partial charge in [0.15, 0.2) is 0 Å². The maximum absolute atomic E-state index is 9.79. The molecule has 2 N–H and O–H groups in total. The van der Waals surface area contributed by atoms with Gasteiger partial charge in [0.1, 0.15) is 0 Å². The monoisotopic (exact) mass is 226 g/mol. The molecule has 0 spiro atoms. The molecule has 0 aliphatic carbocycles. The van der Waals surface area contributed by atoms with E-state index in [0.717, 1.165) is 30.2 Å². The molecule has 94 valence electrons. The molecule has 2 heteroatoms. The van der Waals surface area contributed by atoms with Crippen LogP contribution in [0.5, 0.6) is 0 Å². The summed E-state index contributed by atoms with van der Waals surface area (Å²) in [6, 6.07) is 0. The quantitative estimate of drug-likeness (QED) is 0.531. The first-order valence-corrected chi connectivity index (χ1v) is 5.89. The third-order valence-corrected chi connectivity index (χ3v) is 2.40. The Labute approximate surface area is 99.7 Å². The second-order valence-corrected chi connectivity index (χ2v) is 5.86. The number of hydrogen-bond donors (Lipinski definition) is 2. The van der Waals surface area contributed by atoms with Crippen LogP contribution >= 0.6 is 0 Å². The van der Waals surface area contributed by atoms with Crippen LogP contribution < -0.4 is 0 Å². The van der Waals surface area contributed by atoms with Crippen LogP contribution in [0.2, 0.25) is 0 Å². The fourth-order valence-electron chi connectivity index (χ4n) is 1.72. The Kier molecular flexibility index (Phi) is 6.42. The van der Waals surface area contributed by atoms with Crippen molar-refractivity contribution in [3.8, 4) is 0 Å². The maximum Gasteiger partial charge on any atom is 0.0780 e. The molecule has 2 nitrogen and oxygen atoms in total. The fourth-order valence-corrected chi connectivity index (χ4v) is 1.72. The Morgan fingerprint density at radius 1 is 1.38 bits per heavy atom. The summed E-state index contributed by atoms with van der Waals surface area (Å²) in [5.41, 5.74) is 2.24. The van der Waals surface area contributed by atoms with Crippen molar-refractivity contribution in [2.45, 2.75) is 59.5 Å². The van der Waals surface area contributed by atoms with Gasteiger partial charge in [-0.3, -0.25) is 0 Å². The van der Waals surface area contributed by atoms with E-state index >= 15 is 0 Å². The van der Waals surface area contributed by atoms with Gasteiger partial charge in [-0.2, -0.15) is 0 Å². The topological polar surface area (TPSA) is 40.5 Å². The summed E-state index contributed by atoms with van der Waals surface area (Å²) < 4.78 is 0. The summed E-state index contributed by atoms with van der Waals surface area (Å²) in [4.78, 5) is 0. The summed E-state index contributed by atoms with van der Waals surface area (Å²) >= 11 is 0. The Hall–Kier alpha value is -0.760. The molecule has 0 amide bonds. The van der Waals surface area contributed by atoms with Gasteiger partial charge < -0.3 is 10.2 Å². The first-order valence-electron chi connectivity index (χ1n) is 5.89. The van der Waals surface area contributed by atoms with Crippen LogP contribution in [0.15, 0.2) is 24.0 Å². The van der Waals surface area contributed by atoms with Crippen molar-refractivity contribution in [2.24, 2.45) is 5.41 Å². The standard InChI is InChI=1S/C14H26O2/c1-11(10-15)6-7-13(16)8-12(2)9-14(3,4)5/h10,13,15-16H,2,6-9H2,1,3-5H3. The third-order valence-electron chi connectivity index (χ3n) is 2.40. The Morgan fingerprint density at radius 2 is 1.94 bits per heavy atom. The number of aliphatic hydroxyl groups excluding tert-OH is 2. The fraction of sp³-hybridized carbons (Fsp3) is 0.714. The predicted octanol–water partition coefficient (Wildman–Crippen LogP) is 3.97. The molecule has 0 bridgehead atoms. The van der Waals surface area contributed by atoms with Gasteiger partial charge in [0, 0.05) is 0 Å². The van der Waals surface area contributed by atoms with Crippen LogP contribution in [0.4, 0.5) is 0 Å². The number of rotatable bonds is 6. The van der Waals surface area contributed by atoms with Gasteiger partial charge in [-0.1, -0.05) is 32.9 Å². The van der Waals surface area contributed by atoms with Crippen LogP contribution in [-0.2, 0) is 0 Å². The van der Waals surface area contributed by atoms with Crippen molar-refractivity contribution in [1.29, 1.82) is 0 Å². The van der Waals surface area contributed by atoms with E-state index in [9.17, 15) is 5.11 Å². The molecule has 16 heavy (non-hydrogen) atoms. The highest BCUT2D eigenvalue weighted by molar-refractivity contribution is 5.00. The SMILES string of the molecule is C=C(CC(O)CCC(C)=CO)CC(C)(C)C. The molecule has 0 saturated heterocycles. The van der Waals surface area contributed by atoms with Gasteiger partial charge in [0.05, 0.1) is 12.4 Å². The smallest absolute Gasteiger partial charge is 0.0780 e. The lowest BCUT2D eigenvalue weighted by molar-refractivity contribution is 0.162. The van der Waals surface area contributed by atoms with Crippen molar-refractivity contribution in [3.05, 3.63) is 24.0 Å². The van der Waals surface area contributed by atoms with Gasteiger partial charge in [-0.05, 0) is 43.6 Å². The molecule has 0 fully saturated rings. The Balaban J connectivity index is 3.88. The lowest BCUT2D eigenvalue weighted by atomic mass is 9.86. The van der Waals surface area contributed by atoms with Gasteiger partial charge in [0.2, 0.25) is 0 Å². The molecule has 0 aromatic carbocycles. The molecule has 0 aromatic heterocycles. The minimum Gasteiger partial charge on any atom is -0.516 e. The van der Waals surface area contributed by atoms with Crippen molar-refractivity contribution < 1.29 is 10.2 Å². The van der Waals surface area contributed by atoms with Crippen LogP contribution in [0.25, 0.3) is 0 Å². The van der Waals surface area contributed by atoms with E-state index in [2.05, 4.69) is 27.4 Å². The van der Waals surface area contributed by atoms with Gasteiger partial charge in [-0.25, -0.2) is 0 Å². The highest BCUT2D eigenvalue weighted by Crippen LogP contribution is 2.26. The second kappa shape index (κ2) is 6.74. The van der Waals surface area contributed by atoms with E-state index in [4.69, 9.17) is 5.11 Å². The molecular weight excluding hydrogens is 200 g/mol. The van der Waals surface area contributed by atoms with Gasteiger partial charge in [0.25, 0.3) is 0 Å². The molecule has 0 heterocycles. The molecule has 0 saturated carbocycles. The normalized spacial score (nSPS) is 14.9.